The Hall–Kier alpha value is -3.49. The van der Waals surface area contributed by atoms with Crippen LogP contribution in [0, 0.1) is 0 Å². The van der Waals surface area contributed by atoms with E-state index in [4.69, 9.17) is 23.2 Å². The zero-order valence-corrected chi connectivity index (χ0v) is 22.9. The molecule has 4 aromatic rings. The van der Waals surface area contributed by atoms with E-state index in [1.165, 1.54) is 18.2 Å². The van der Waals surface area contributed by atoms with E-state index in [9.17, 15) is 22.8 Å². The second kappa shape index (κ2) is 11.6. The first-order valence-corrected chi connectivity index (χ1v) is 13.6. The van der Waals surface area contributed by atoms with Crippen LogP contribution in [0.15, 0.2) is 72.9 Å². The molecule has 1 aromatic heterocycles. The average molecular weight is 588 g/mol. The van der Waals surface area contributed by atoms with E-state index >= 15 is 0 Å². The lowest BCUT2D eigenvalue weighted by molar-refractivity contribution is -0.137. The highest BCUT2D eigenvalue weighted by atomic mass is 35.5. The third-order valence-corrected chi connectivity index (χ3v) is 7.79. The first-order chi connectivity index (χ1) is 19.1. The Labute approximate surface area is 239 Å². The predicted octanol–water partition coefficient (Wildman–Crippen LogP) is 7.37. The molecule has 0 atom stereocenters. The van der Waals surface area contributed by atoms with Crippen molar-refractivity contribution in [2.75, 3.05) is 13.1 Å². The van der Waals surface area contributed by atoms with E-state index in [1.54, 1.807) is 21.9 Å². The number of hydrogen-bond acceptors (Lipinski definition) is 2. The molecule has 0 bridgehead atoms. The predicted molar refractivity (Wildman–Crippen MR) is 149 cm³/mol. The lowest BCUT2D eigenvalue weighted by Crippen LogP contribution is -2.44. The zero-order valence-electron chi connectivity index (χ0n) is 21.3. The summed E-state index contributed by atoms with van der Waals surface area (Å²) in [5.41, 5.74) is 2.15. The summed E-state index contributed by atoms with van der Waals surface area (Å²) in [5, 5.41) is 1.61. The number of H-pyrrole nitrogens is 1. The number of rotatable bonds is 9. The summed E-state index contributed by atoms with van der Waals surface area (Å²) in [6.07, 6.45) is -0.446. The number of aromatic nitrogens is 1. The van der Waals surface area contributed by atoms with Gasteiger partial charge in [0.15, 0.2) is 0 Å². The minimum Gasteiger partial charge on any atom is -0.361 e. The molecule has 1 N–H and O–H groups in total. The molecule has 0 spiro atoms. The molecule has 1 aliphatic carbocycles. The molecule has 1 aliphatic rings. The smallest absolute Gasteiger partial charge is 0.361 e. The van der Waals surface area contributed by atoms with Crippen molar-refractivity contribution in [3.05, 3.63) is 105 Å². The number of amides is 2. The Balaban J connectivity index is 1.37. The molecule has 1 saturated carbocycles. The van der Waals surface area contributed by atoms with Gasteiger partial charge in [0.05, 0.1) is 15.6 Å². The van der Waals surface area contributed by atoms with Crippen LogP contribution < -0.4 is 0 Å². The normalized spacial score (nSPS) is 13.4. The molecule has 1 fully saturated rings. The van der Waals surface area contributed by atoms with Gasteiger partial charge in [-0.15, -0.1) is 0 Å². The van der Waals surface area contributed by atoms with Gasteiger partial charge in [-0.05, 0) is 66.8 Å². The molecule has 3 aromatic carbocycles. The first kappa shape index (κ1) is 28.1. The second-order valence-electron chi connectivity index (χ2n) is 9.91. The van der Waals surface area contributed by atoms with Crippen molar-refractivity contribution in [2.45, 2.75) is 38.0 Å². The van der Waals surface area contributed by atoms with Gasteiger partial charge in [-0.25, -0.2) is 0 Å². The molecule has 208 valence electrons. The largest absolute Gasteiger partial charge is 0.416 e. The van der Waals surface area contributed by atoms with Crippen LogP contribution in [0.2, 0.25) is 10.0 Å². The molecule has 40 heavy (non-hydrogen) atoms. The van der Waals surface area contributed by atoms with Gasteiger partial charge in [-0.3, -0.25) is 9.59 Å². The van der Waals surface area contributed by atoms with Gasteiger partial charge in [-0.1, -0.05) is 53.5 Å². The van der Waals surface area contributed by atoms with Crippen LogP contribution in [0.25, 0.3) is 10.9 Å². The molecule has 0 saturated heterocycles. The number of carbonyl (C=O) groups excluding carboxylic acids is 2. The number of carbonyl (C=O) groups is 2. The van der Waals surface area contributed by atoms with Crippen LogP contribution in [0.5, 0.6) is 0 Å². The summed E-state index contributed by atoms with van der Waals surface area (Å²) in [6.45, 7) is 0.276. The minimum absolute atomic E-state index is 0.0626. The Bertz CT molecular complexity index is 1530. The van der Waals surface area contributed by atoms with Gasteiger partial charge < -0.3 is 14.8 Å². The van der Waals surface area contributed by atoms with E-state index in [-0.39, 0.29) is 36.0 Å². The third kappa shape index (κ3) is 6.45. The topological polar surface area (TPSA) is 56.4 Å². The number of alkyl halides is 3. The van der Waals surface area contributed by atoms with Gasteiger partial charge >= 0.3 is 6.18 Å². The number of halogens is 5. The Morgan fingerprint density at radius 2 is 1.68 bits per heavy atom. The molecule has 0 unspecified atom stereocenters. The van der Waals surface area contributed by atoms with Crippen LogP contribution in [-0.2, 0) is 23.9 Å². The number of aromatic amines is 1. The zero-order chi connectivity index (χ0) is 28.4. The summed E-state index contributed by atoms with van der Waals surface area (Å²) < 4.78 is 39.2. The monoisotopic (exact) mass is 587 g/mol. The molecular weight excluding hydrogens is 562 g/mol. The van der Waals surface area contributed by atoms with Crippen molar-refractivity contribution in [3.8, 4) is 0 Å². The van der Waals surface area contributed by atoms with E-state index in [0.29, 0.717) is 29.1 Å². The molecule has 5 nitrogen and oxygen atoms in total. The van der Waals surface area contributed by atoms with E-state index in [0.717, 1.165) is 41.4 Å². The summed E-state index contributed by atoms with van der Waals surface area (Å²) in [5.74, 6) is -0.611. The second-order valence-corrected chi connectivity index (χ2v) is 10.7. The Morgan fingerprint density at radius 3 is 2.35 bits per heavy atom. The maximum absolute atomic E-state index is 13.7. The quantitative estimate of drug-likeness (QED) is 0.222. The third-order valence-electron chi connectivity index (χ3n) is 7.05. The molecule has 2 amide bonds. The number of para-hydroxylation sites is 1. The van der Waals surface area contributed by atoms with Gasteiger partial charge in [0.25, 0.3) is 5.91 Å². The van der Waals surface area contributed by atoms with Crippen LogP contribution in [-0.4, -0.2) is 45.7 Å². The number of fused-ring (bicyclic) bond motifs is 1. The number of hydrogen-bond donors (Lipinski definition) is 1. The number of nitrogens with one attached hydrogen (secondary N) is 1. The van der Waals surface area contributed by atoms with Crippen molar-refractivity contribution < 1.29 is 22.8 Å². The highest BCUT2D eigenvalue weighted by Crippen LogP contribution is 2.31. The van der Waals surface area contributed by atoms with Gasteiger partial charge in [0.1, 0.15) is 6.54 Å². The lowest BCUT2D eigenvalue weighted by atomic mass is 10.1. The standard InChI is InChI=1S/C30H26Cl2F3N3O2/c31-25-12-7-20(15-26(25)32)29(40)38(23-10-11-23)18-28(39)37(17-19-5-8-22(9-6-19)30(33,34)35)14-13-21-16-36-27-4-2-1-3-24(21)27/h1-9,12,15-16,23,36H,10-11,13-14,17-18H2. The van der Waals surface area contributed by atoms with Gasteiger partial charge in [0, 0.05) is 41.8 Å². The molecule has 1 heterocycles. The van der Waals surface area contributed by atoms with Crippen molar-refractivity contribution in [3.63, 3.8) is 0 Å². The van der Waals surface area contributed by atoms with Crippen LogP contribution in [0.4, 0.5) is 13.2 Å². The summed E-state index contributed by atoms with van der Waals surface area (Å²) in [7, 11) is 0. The molecule has 0 radical (unpaired) electrons. The molecule has 5 rings (SSSR count). The Kier molecular flexibility index (Phi) is 8.10. The highest BCUT2D eigenvalue weighted by Gasteiger charge is 2.35. The van der Waals surface area contributed by atoms with E-state index in [2.05, 4.69) is 4.98 Å². The van der Waals surface area contributed by atoms with Crippen molar-refractivity contribution >= 4 is 45.9 Å². The van der Waals surface area contributed by atoms with Crippen molar-refractivity contribution in [1.82, 2.24) is 14.8 Å². The molecule has 10 heteroatoms. The lowest BCUT2D eigenvalue weighted by Gasteiger charge is -2.28. The van der Waals surface area contributed by atoms with Gasteiger partial charge in [0.2, 0.25) is 5.91 Å². The van der Waals surface area contributed by atoms with Crippen molar-refractivity contribution in [1.29, 1.82) is 0 Å². The van der Waals surface area contributed by atoms with Crippen LogP contribution >= 0.6 is 23.2 Å². The van der Waals surface area contributed by atoms with Crippen LogP contribution in [0.1, 0.15) is 39.9 Å². The summed E-state index contributed by atoms with van der Waals surface area (Å²) >= 11 is 12.1. The van der Waals surface area contributed by atoms with Crippen molar-refractivity contribution in [2.24, 2.45) is 0 Å². The number of nitrogens with zero attached hydrogens (tertiary/aromatic N) is 2. The summed E-state index contributed by atoms with van der Waals surface area (Å²) in [6, 6.07) is 17.2. The van der Waals surface area contributed by atoms with E-state index in [1.807, 2.05) is 30.5 Å². The fourth-order valence-corrected chi connectivity index (χ4v) is 5.00. The first-order valence-electron chi connectivity index (χ1n) is 12.8. The number of benzene rings is 3. The molecule has 0 aliphatic heterocycles. The highest BCUT2D eigenvalue weighted by molar-refractivity contribution is 6.42. The van der Waals surface area contributed by atoms with Crippen LogP contribution in [0.3, 0.4) is 0 Å². The summed E-state index contributed by atoms with van der Waals surface area (Å²) in [4.78, 5) is 33.4. The fraction of sp³-hybridized carbons (Fsp3) is 0.267. The average Bonchev–Trinajstić information content (AvgIpc) is 3.70. The fourth-order valence-electron chi connectivity index (χ4n) is 4.70. The molecular formula is C30H26Cl2F3N3O2. The minimum atomic E-state index is -4.45. The Morgan fingerprint density at radius 1 is 0.950 bits per heavy atom. The maximum atomic E-state index is 13.7. The van der Waals surface area contributed by atoms with E-state index < -0.39 is 11.7 Å². The van der Waals surface area contributed by atoms with Gasteiger partial charge in [-0.2, -0.15) is 13.2 Å². The maximum Gasteiger partial charge on any atom is 0.416 e. The SMILES string of the molecule is O=C(CN(C(=O)c1ccc(Cl)c(Cl)c1)C1CC1)N(CCc1c[nH]c2ccccc12)Cc1ccc(C(F)(F)F)cc1.